The number of anilines is 1. The Hall–Kier alpha value is -1.29. The van der Waals surface area contributed by atoms with Crippen molar-refractivity contribution in [3.63, 3.8) is 0 Å². The van der Waals surface area contributed by atoms with Gasteiger partial charge in [0.25, 0.3) is 0 Å². The lowest BCUT2D eigenvalue weighted by atomic mass is 10.2. The van der Waals surface area contributed by atoms with Gasteiger partial charge in [-0.05, 0) is 42.8 Å². The Morgan fingerprint density at radius 2 is 1.82 bits per heavy atom. The van der Waals surface area contributed by atoms with Gasteiger partial charge in [-0.2, -0.15) is 0 Å². The number of hydrogen-bond acceptors (Lipinski definition) is 3. The highest BCUT2D eigenvalue weighted by Crippen LogP contribution is 2.36. The summed E-state index contributed by atoms with van der Waals surface area (Å²) >= 11 is 18.2. The fraction of sp³-hybridized carbons (Fsp3) is 0.250. The molecule has 0 aliphatic rings. The second-order valence-corrected chi connectivity index (χ2v) is 5.77. The number of halogens is 3. The summed E-state index contributed by atoms with van der Waals surface area (Å²) in [5.74, 6) is 1.16. The van der Waals surface area contributed by atoms with Crippen LogP contribution in [0.3, 0.4) is 0 Å². The van der Waals surface area contributed by atoms with Crippen LogP contribution in [0.5, 0.6) is 11.5 Å². The van der Waals surface area contributed by atoms with Crippen LogP contribution in [-0.2, 0) is 6.54 Å². The van der Waals surface area contributed by atoms with Gasteiger partial charge in [0, 0.05) is 11.6 Å². The second kappa shape index (κ2) is 7.82. The quantitative estimate of drug-likeness (QED) is 0.720. The standard InChI is InChI=1S/C16H16Cl3NO2/c1-3-22-15-7-10(6-13(19)16(15)21-2)9-20-14-5-4-11(17)8-12(14)18/h4-8,20H,3,9H2,1-2H3. The van der Waals surface area contributed by atoms with Gasteiger partial charge in [-0.25, -0.2) is 0 Å². The highest BCUT2D eigenvalue weighted by molar-refractivity contribution is 6.36. The molecule has 0 amide bonds. The molecule has 0 saturated heterocycles. The third kappa shape index (κ3) is 4.13. The topological polar surface area (TPSA) is 30.5 Å². The van der Waals surface area contributed by atoms with Gasteiger partial charge in [-0.3, -0.25) is 0 Å². The van der Waals surface area contributed by atoms with Gasteiger partial charge in [0.05, 0.1) is 29.4 Å². The Morgan fingerprint density at radius 3 is 2.45 bits per heavy atom. The maximum Gasteiger partial charge on any atom is 0.179 e. The molecular weight excluding hydrogens is 345 g/mol. The molecule has 0 heterocycles. The van der Waals surface area contributed by atoms with Crippen molar-refractivity contribution in [3.8, 4) is 11.5 Å². The van der Waals surface area contributed by atoms with E-state index in [1.165, 1.54) is 0 Å². The fourth-order valence-electron chi connectivity index (χ4n) is 2.01. The van der Waals surface area contributed by atoms with Gasteiger partial charge < -0.3 is 14.8 Å². The smallest absolute Gasteiger partial charge is 0.179 e. The maximum absolute atomic E-state index is 6.23. The molecule has 0 spiro atoms. The molecule has 6 heteroatoms. The van der Waals surface area contributed by atoms with Gasteiger partial charge in [0.15, 0.2) is 11.5 Å². The summed E-state index contributed by atoms with van der Waals surface area (Å²) in [5.41, 5.74) is 1.76. The van der Waals surface area contributed by atoms with Crippen LogP contribution in [0.15, 0.2) is 30.3 Å². The Bertz CT molecular complexity index is 662. The highest BCUT2D eigenvalue weighted by Gasteiger charge is 2.11. The molecule has 2 aromatic rings. The summed E-state index contributed by atoms with van der Waals surface area (Å²) in [5, 5.41) is 4.92. The van der Waals surface area contributed by atoms with E-state index in [9.17, 15) is 0 Å². The van der Waals surface area contributed by atoms with Crippen LogP contribution in [0, 0.1) is 0 Å². The second-order valence-electron chi connectivity index (χ2n) is 4.52. The molecule has 118 valence electrons. The predicted octanol–water partition coefficient (Wildman–Crippen LogP) is 5.67. The monoisotopic (exact) mass is 359 g/mol. The normalized spacial score (nSPS) is 10.4. The zero-order chi connectivity index (χ0) is 16.1. The minimum Gasteiger partial charge on any atom is -0.491 e. The van der Waals surface area contributed by atoms with Crippen molar-refractivity contribution in [1.29, 1.82) is 0 Å². The molecule has 3 nitrogen and oxygen atoms in total. The van der Waals surface area contributed by atoms with E-state index in [-0.39, 0.29) is 0 Å². The van der Waals surface area contributed by atoms with Crippen molar-refractivity contribution in [2.24, 2.45) is 0 Å². The van der Waals surface area contributed by atoms with Crippen molar-refractivity contribution in [1.82, 2.24) is 0 Å². The van der Waals surface area contributed by atoms with Crippen molar-refractivity contribution in [2.45, 2.75) is 13.5 Å². The number of methoxy groups -OCH3 is 1. The molecule has 0 aliphatic carbocycles. The number of rotatable bonds is 6. The molecule has 2 rings (SSSR count). The van der Waals surface area contributed by atoms with Gasteiger partial charge in [0.1, 0.15) is 0 Å². The van der Waals surface area contributed by atoms with Gasteiger partial charge in [-0.1, -0.05) is 34.8 Å². The van der Waals surface area contributed by atoms with Crippen LogP contribution < -0.4 is 14.8 Å². The van der Waals surface area contributed by atoms with E-state index in [1.807, 2.05) is 25.1 Å². The molecule has 0 unspecified atom stereocenters. The molecular formula is C16H16Cl3NO2. The first-order valence-corrected chi connectivity index (χ1v) is 7.86. The van der Waals surface area contributed by atoms with Crippen LogP contribution in [0.1, 0.15) is 12.5 Å². The zero-order valence-electron chi connectivity index (χ0n) is 12.3. The molecule has 0 fully saturated rings. The Morgan fingerprint density at radius 1 is 1.05 bits per heavy atom. The first-order valence-electron chi connectivity index (χ1n) is 6.73. The molecule has 0 radical (unpaired) electrons. The Labute approximate surface area is 145 Å². The molecule has 0 atom stereocenters. The summed E-state index contributed by atoms with van der Waals surface area (Å²) in [6.45, 7) is 2.99. The predicted molar refractivity (Wildman–Crippen MR) is 93.0 cm³/mol. The molecule has 22 heavy (non-hydrogen) atoms. The third-order valence-electron chi connectivity index (χ3n) is 2.99. The average Bonchev–Trinajstić information content (AvgIpc) is 2.46. The van der Waals surface area contributed by atoms with Crippen LogP contribution in [-0.4, -0.2) is 13.7 Å². The van der Waals surface area contributed by atoms with Gasteiger partial charge in [-0.15, -0.1) is 0 Å². The van der Waals surface area contributed by atoms with Gasteiger partial charge in [0.2, 0.25) is 0 Å². The van der Waals surface area contributed by atoms with E-state index in [2.05, 4.69) is 5.32 Å². The molecule has 0 bridgehead atoms. The first-order chi connectivity index (χ1) is 10.5. The Balaban J connectivity index is 2.19. The van der Waals surface area contributed by atoms with Crippen molar-refractivity contribution in [3.05, 3.63) is 51.0 Å². The fourth-order valence-corrected chi connectivity index (χ4v) is 2.80. The average molecular weight is 361 g/mol. The summed E-state index contributed by atoms with van der Waals surface area (Å²) < 4.78 is 10.8. The molecule has 2 aromatic carbocycles. The van der Waals surface area contributed by atoms with Crippen LogP contribution in [0.2, 0.25) is 15.1 Å². The van der Waals surface area contributed by atoms with Crippen molar-refractivity contribution >= 4 is 40.5 Å². The van der Waals surface area contributed by atoms with Gasteiger partial charge >= 0.3 is 0 Å². The van der Waals surface area contributed by atoms with Crippen LogP contribution in [0.25, 0.3) is 0 Å². The van der Waals surface area contributed by atoms with E-state index in [4.69, 9.17) is 44.3 Å². The number of ether oxygens (including phenoxy) is 2. The molecule has 0 aliphatic heterocycles. The molecule has 0 saturated carbocycles. The summed E-state index contributed by atoms with van der Waals surface area (Å²) in [6, 6.07) is 9.03. The van der Waals surface area contributed by atoms with E-state index >= 15 is 0 Å². The zero-order valence-corrected chi connectivity index (χ0v) is 14.5. The maximum atomic E-state index is 6.23. The van der Waals surface area contributed by atoms with Crippen molar-refractivity contribution in [2.75, 3.05) is 19.0 Å². The molecule has 1 N–H and O–H groups in total. The SMILES string of the molecule is CCOc1cc(CNc2ccc(Cl)cc2Cl)cc(Cl)c1OC. The minimum atomic E-state index is 0.507. The largest absolute Gasteiger partial charge is 0.491 e. The molecule has 0 aromatic heterocycles. The van der Waals surface area contributed by atoms with E-state index in [1.54, 1.807) is 19.2 Å². The summed E-state index contributed by atoms with van der Waals surface area (Å²) in [7, 11) is 1.56. The van der Waals surface area contributed by atoms with Crippen molar-refractivity contribution < 1.29 is 9.47 Å². The number of nitrogens with one attached hydrogen (secondary N) is 1. The first kappa shape index (κ1) is 17.1. The van der Waals surface area contributed by atoms with Crippen LogP contribution >= 0.6 is 34.8 Å². The Kier molecular flexibility index (Phi) is 6.07. The minimum absolute atomic E-state index is 0.507. The highest BCUT2D eigenvalue weighted by atomic mass is 35.5. The lowest BCUT2D eigenvalue weighted by Gasteiger charge is -2.14. The third-order valence-corrected chi connectivity index (χ3v) is 3.82. The summed E-state index contributed by atoms with van der Waals surface area (Å²) in [4.78, 5) is 0. The van der Waals surface area contributed by atoms with E-state index in [0.29, 0.717) is 39.7 Å². The number of hydrogen-bond donors (Lipinski definition) is 1. The van der Waals surface area contributed by atoms with E-state index in [0.717, 1.165) is 11.3 Å². The summed E-state index contributed by atoms with van der Waals surface area (Å²) in [6.07, 6.45) is 0. The van der Waals surface area contributed by atoms with E-state index < -0.39 is 0 Å². The van der Waals surface area contributed by atoms with Crippen LogP contribution in [0.4, 0.5) is 5.69 Å². The lowest BCUT2D eigenvalue weighted by Crippen LogP contribution is -2.02. The number of benzene rings is 2. The lowest BCUT2D eigenvalue weighted by molar-refractivity contribution is 0.310.